The molecule has 4 rings (SSSR count). The molecule has 88 valence electrons. The number of aromatic nitrogens is 1. The predicted molar refractivity (Wildman–Crippen MR) is 73.3 cm³/mol. The second-order valence-corrected chi connectivity index (χ2v) is 6.07. The molecule has 2 aliphatic heterocycles. The highest BCUT2D eigenvalue weighted by Crippen LogP contribution is 2.41. The molecule has 1 unspecified atom stereocenters. The lowest BCUT2D eigenvalue weighted by molar-refractivity contribution is 0.244. The van der Waals surface area contributed by atoms with Gasteiger partial charge in [-0.05, 0) is 37.1 Å². The molecular weight excluding hydrogens is 276 g/mol. The topological polar surface area (TPSA) is 19.0 Å². The van der Waals surface area contributed by atoms with Gasteiger partial charge in [0.1, 0.15) is 0 Å². The summed E-state index contributed by atoms with van der Waals surface area (Å²) in [6, 6.07) is 7.29. The van der Waals surface area contributed by atoms with E-state index in [0.29, 0.717) is 6.04 Å². The summed E-state index contributed by atoms with van der Waals surface area (Å²) < 4.78 is 1.16. The molecular formula is C14H15BrN2. The first-order valence-electron chi connectivity index (χ1n) is 6.37. The fourth-order valence-electron chi connectivity index (χ4n) is 3.50. The van der Waals surface area contributed by atoms with Gasteiger partial charge < -0.3 is 4.98 Å². The van der Waals surface area contributed by atoms with E-state index in [1.165, 1.54) is 48.9 Å². The number of aromatic amines is 1. The van der Waals surface area contributed by atoms with E-state index in [1.807, 2.05) is 0 Å². The van der Waals surface area contributed by atoms with E-state index in [-0.39, 0.29) is 0 Å². The van der Waals surface area contributed by atoms with Gasteiger partial charge in [0.15, 0.2) is 0 Å². The van der Waals surface area contributed by atoms with Crippen molar-refractivity contribution < 1.29 is 0 Å². The van der Waals surface area contributed by atoms with E-state index < -0.39 is 0 Å². The van der Waals surface area contributed by atoms with Crippen molar-refractivity contribution in [1.29, 1.82) is 0 Å². The molecule has 0 radical (unpaired) electrons. The molecule has 1 saturated heterocycles. The molecule has 3 heterocycles. The van der Waals surface area contributed by atoms with Gasteiger partial charge >= 0.3 is 0 Å². The summed E-state index contributed by atoms with van der Waals surface area (Å²) in [5.41, 5.74) is 4.34. The number of H-pyrrole nitrogens is 1. The lowest BCUT2D eigenvalue weighted by Crippen LogP contribution is -2.30. The average Bonchev–Trinajstić information content (AvgIpc) is 2.89. The molecule has 0 aliphatic carbocycles. The smallest absolute Gasteiger partial charge is 0.0470 e. The minimum atomic E-state index is 0.675. The molecule has 0 spiro atoms. The van der Waals surface area contributed by atoms with Gasteiger partial charge in [-0.15, -0.1) is 0 Å². The first-order valence-corrected chi connectivity index (χ1v) is 7.16. The van der Waals surface area contributed by atoms with Crippen molar-refractivity contribution in [1.82, 2.24) is 9.88 Å². The van der Waals surface area contributed by atoms with Crippen LogP contribution in [0.1, 0.15) is 30.1 Å². The van der Waals surface area contributed by atoms with Gasteiger partial charge in [-0.2, -0.15) is 0 Å². The Balaban J connectivity index is 1.97. The minimum absolute atomic E-state index is 0.675. The molecule has 0 bridgehead atoms. The van der Waals surface area contributed by atoms with Crippen LogP contribution in [0.4, 0.5) is 0 Å². The monoisotopic (exact) mass is 290 g/mol. The zero-order valence-corrected chi connectivity index (χ0v) is 11.3. The quantitative estimate of drug-likeness (QED) is 0.785. The maximum absolute atomic E-state index is 3.61. The Morgan fingerprint density at radius 2 is 2.24 bits per heavy atom. The van der Waals surface area contributed by atoms with Gasteiger partial charge in [0.05, 0.1) is 0 Å². The fourth-order valence-corrected chi connectivity index (χ4v) is 3.86. The first kappa shape index (κ1) is 10.2. The van der Waals surface area contributed by atoms with Crippen LogP contribution in [0.2, 0.25) is 0 Å². The number of benzene rings is 1. The largest absolute Gasteiger partial charge is 0.358 e. The van der Waals surface area contributed by atoms with E-state index in [2.05, 4.69) is 44.0 Å². The number of nitrogens with zero attached hydrogens (tertiary/aromatic N) is 1. The number of hydrogen-bond acceptors (Lipinski definition) is 1. The maximum Gasteiger partial charge on any atom is 0.0470 e. The molecule has 0 saturated carbocycles. The Bertz CT molecular complexity index is 587. The van der Waals surface area contributed by atoms with E-state index in [9.17, 15) is 0 Å². The minimum Gasteiger partial charge on any atom is -0.358 e. The van der Waals surface area contributed by atoms with Crippen molar-refractivity contribution in [3.05, 3.63) is 33.9 Å². The third-order valence-corrected chi connectivity index (χ3v) is 4.72. The highest BCUT2D eigenvalue weighted by molar-refractivity contribution is 9.10. The molecule has 2 aliphatic rings. The van der Waals surface area contributed by atoms with Crippen molar-refractivity contribution >= 4 is 26.8 Å². The Morgan fingerprint density at radius 3 is 3.18 bits per heavy atom. The lowest BCUT2D eigenvalue weighted by atomic mass is 9.96. The molecule has 2 nitrogen and oxygen atoms in total. The normalized spacial score (nSPS) is 23.9. The summed E-state index contributed by atoms with van der Waals surface area (Å²) in [5, 5.41) is 1.43. The zero-order chi connectivity index (χ0) is 11.4. The molecule has 1 aromatic carbocycles. The van der Waals surface area contributed by atoms with Gasteiger partial charge in [0.2, 0.25) is 0 Å². The van der Waals surface area contributed by atoms with Crippen LogP contribution in [-0.4, -0.2) is 23.0 Å². The van der Waals surface area contributed by atoms with Gasteiger partial charge in [-0.3, -0.25) is 4.90 Å². The third-order valence-electron chi connectivity index (χ3n) is 4.23. The van der Waals surface area contributed by atoms with Crippen LogP contribution in [0.15, 0.2) is 22.7 Å². The van der Waals surface area contributed by atoms with Crippen molar-refractivity contribution in [2.75, 3.05) is 13.1 Å². The predicted octanol–water partition coefficient (Wildman–Crippen LogP) is 3.62. The number of nitrogens with one attached hydrogen (secondary N) is 1. The second kappa shape index (κ2) is 3.59. The van der Waals surface area contributed by atoms with Gasteiger partial charge in [0.25, 0.3) is 0 Å². The van der Waals surface area contributed by atoms with Crippen LogP contribution >= 0.6 is 15.9 Å². The van der Waals surface area contributed by atoms with Gasteiger partial charge in [0, 0.05) is 40.1 Å². The SMILES string of the molecule is Brc1ccc2c3c([nH]c2c1)CCN1CCCC31. The van der Waals surface area contributed by atoms with E-state index in [4.69, 9.17) is 0 Å². The van der Waals surface area contributed by atoms with Crippen LogP contribution in [0.3, 0.4) is 0 Å². The summed E-state index contributed by atoms with van der Waals surface area (Å²) >= 11 is 3.55. The number of rotatable bonds is 0. The summed E-state index contributed by atoms with van der Waals surface area (Å²) in [5.74, 6) is 0. The summed E-state index contributed by atoms with van der Waals surface area (Å²) in [7, 11) is 0. The highest BCUT2D eigenvalue weighted by Gasteiger charge is 2.33. The standard InChI is InChI=1S/C14H15BrN2/c15-9-3-4-10-12(8-9)16-11-5-7-17-6-1-2-13(17)14(10)11/h3-4,8,13,16H,1-2,5-7H2. The van der Waals surface area contributed by atoms with E-state index in [0.717, 1.165) is 4.47 Å². The van der Waals surface area contributed by atoms with Crippen LogP contribution in [0, 0.1) is 0 Å². The van der Waals surface area contributed by atoms with Gasteiger partial charge in [-0.1, -0.05) is 22.0 Å². The molecule has 3 heteroatoms. The average molecular weight is 291 g/mol. The van der Waals surface area contributed by atoms with Crippen LogP contribution < -0.4 is 0 Å². The molecule has 0 amide bonds. The molecule has 1 atom stereocenters. The Hall–Kier alpha value is -0.800. The zero-order valence-electron chi connectivity index (χ0n) is 9.67. The van der Waals surface area contributed by atoms with E-state index in [1.54, 1.807) is 5.56 Å². The number of fused-ring (bicyclic) bond motifs is 5. The summed E-state index contributed by atoms with van der Waals surface area (Å²) in [4.78, 5) is 6.26. The molecule has 2 aromatic rings. The van der Waals surface area contributed by atoms with Crippen molar-refractivity contribution in [2.24, 2.45) is 0 Å². The summed E-state index contributed by atoms with van der Waals surface area (Å²) in [6.45, 7) is 2.51. The van der Waals surface area contributed by atoms with E-state index >= 15 is 0 Å². The summed E-state index contributed by atoms with van der Waals surface area (Å²) in [6.07, 6.45) is 3.86. The van der Waals surface area contributed by atoms with Crippen LogP contribution in [0.5, 0.6) is 0 Å². The third kappa shape index (κ3) is 1.42. The number of halogens is 1. The number of hydrogen-bond donors (Lipinski definition) is 1. The Morgan fingerprint density at radius 1 is 1.29 bits per heavy atom. The maximum atomic E-state index is 3.61. The van der Waals surface area contributed by atoms with Crippen LogP contribution in [0.25, 0.3) is 10.9 Å². The van der Waals surface area contributed by atoms with Crippen molar-refractivity contribution in [2.45, 2.75) is 25.3 Å². The first-order chi connectivity index (χ1) is 8.33. The Kier molecular flexibility index (Phi) is 2.15. The molecule has 1 fully saturated rings. The Labute approximate surface area is 109 Å². The van der Waals surface area contributed by atoms with Crippen molar-refractivity contribution in [3.63, 3.8) is 0 Å². The van der Waals surface area contributed by atoms with Gasteiger partial charge in [-0.25, -0.2) is 0 Å². The molecule has 1 N–H and O–H groups in total. The highest BCUT2D eigenvalue weighted by atomic mass is 79.9. The fraction of sp³-hybridized carbons (Fsp3) is 0.429. The second-order valence-electron chi connectivity index (χ2n) is 5.15. The molecule has 1 aromatic heterocycles. The van der Waals surface area contributed by atoms with Crippen LogP contribution in [-0.2, 0) is 6.42 Å². The molecule has 17 heavy (non-hydrogen) atoms. The van der Waals surface area contributed by atoms with Crippen molar-refractivity contribution in [3.8, 4) is 0 Å². The lowest BCUT2D eigenvalue weighted by Gasteiger charge is -2.29.